The van der Waals surface area contributed by atoms with E-state index in [2.05, 4.69) is 5.32 Å². The van der Waals surface area contributed by atoms with E-state index in [1.54, 1.807) is 20.8 Å². The second-order valence-corrected chi connectivity index (χ2v) is 4.74. The van der Waals surface area contributed by atoms with E-state index in [0.717, 1.165) is 0 Å². The Morgan fingerprint density at radius 2 is 2.00 bits per heavy atom. The third-order valence-electron chi connectivity index (χ3n) is 1.86. The lowest BCUT2D eigenvalue weighted by Gasteiger charge is -2.18. The van der Waals surface area contributed by atoms with Gasteiger partial charge in [-0.1, -0.05) is 32.4 Å². The number of nitrogens with one attached hydrogen (secondary N) is 1. The number of rotatable bonds is 1. The van der Waals surface area contributed by atoms with Crippen molar-refractivity contribution in [2.45, 2.75) is 20.8 Å². The fourth-order valence-electron chi connectivity index (χ4n) is 0.901. The quantitative estimate of drug-likeness (QED) is 0.785. The molecule has 0 aromatic heterocycles. The Kier molecular flexibility index (Phi) is 3.35. The van der Waals surface area contributed by atoms with E-state index in [0.29, 0.717) is 5.69 Å². The highest BCUT2D eigenvalue weighted by atomic mass is 35.5. The smallest absolute Gasteiger partial charge is 0.229 e. The number of halogens is 2. The maximum Gasteiger partial charge on any atom is 0.229 e. The molecule has 0 fully saturated rings. The molecule has 82 valence electrons. The molecule has 0 aliphatic carbocycles. The van der Waals surface area contributed by atoms with E-state index in [1.807, 2.05) is 0 Å². The predicted octanol–water partition coefficient (Wildman–Crippen LogP) is 3.46. The Morgan fingerprint density at radius 3 is 2.47 bits per heavy atom. The maximum absolute atomic E-state index is 12.7. The first kappa shape index (κ1) is 12.0. The van der Waals surface area contributed by atoms with Crippen LogP contribution in [0.25, 0.3) is 0 Å². The van der Waals surface area contributed by atoms with Crippen molar-refractivity contribution in [3.63, 3.8) is 0 Å². The largest absolute Gasteiger partial charge is 0.324 e. The summed E-state index contributed by atoms with van der Waals surface area (Å²) in [5, 5.41) is 2.84. The number of hydrogen-bond donors (Lipinski definition) is 1. The van der Waals surface area contributed by atoms with Crippen LogP contribution in [0.1, 0.15) is 20.8 Å². The summed E-state index contributed by atoms with van der Waals surface area (Å²) in [7, 11) is 0. The lowest BCUT2D eigenvalue weighted by molar-refractivity contribution is -0.123. The van der Waals surface area contributed by atoms with Gasteiger partial charge in [-0.15, -0.1) is 0 Å². The molecule has 0 heterocycles. The number of amides is 1. The third kappa shape index (κ3) is 3.20. The molecular weight excluding hydrogens is 217 g/mol. The first-order valence-corrected chi connectivity index (χ1v) is 4.95. The van der Waals surface area contributed by atoms with Crippen LogP contribution < -0.4 is 5.32 Å². The van der Waals surface area contributed by atoms with Crippen LogP contribution in [0.4, 0.5) is 10.1 Å². The van der Waals surface area contributed by atoms with Gasteiger partial charge in [-0.3, -0.25) is 4.79 Å². The molecule has 0 radical (unpaired) electrons. The van der Waals surface area contributed by atoms with Crippen molar-refractivity contribution in [3.8, 4) is 0 Å². The van der Waals surface area contributed by atoms with Gasteiger partial charge in [0.25, 0.3) is 0 Å². The van der Waals surface area contributed by atoms with Gasteiger partial charge in [0.1, 0.15) is 5.82 Å². The Bertz CT molecular complexity index is 385. The predicted molar refractivity (Wildman–Crippen MR) is 59.5 cm³/mol. The van der Waals surface area contributed by atoms with Gasteiger partial charge in [-0.2, -0.15) is 0 Å². The van der Waals surface area contributed by atoms with E-state index in [-0.39, 0.29) is 10.9 Å². The van der Waals surface area contributed by atoms with E-state index >= 15 is 0 Å². The second kappa shape index (κ2) is 4.19. The highest BCUT2D eigenvalue weighted by Gasteiger charge is 2.21. The van der Waals surface area contributed by atoms with Crippen molar-refractivity contribution >= 4 is 23.2 Å². The zero-order chi connectivity index (χ0) is 11.6. The number of carbonyl (C=O) groups excluding carboxylic acids is 1. The van der Waals surface area contributed by atoms with Crippen molar-refractivity contribution in [2.75, 3.05) is 5.32 Å². The molecule has 1 aromatic rings. The first-order chi connectivity index (χ1) is 6.80. The van der Waals surface area contributed by atoms with E-state index in [4.69, 9.17) is 11.6 Å². The minimum atomic E-state index is -0.502. The van der Waals surface area contributed by atoms with Crippen LogP contribution in [0.2, 0.25) is 5.02 Å². The van der Waals surface area contributed by atoms with E-state index < -0.39 is 11.2 Å². The number of carbonyl (C=O) groups is 1. The number of benzene rings is 1. The molecule has 0 atom stereocenters. The molecule has 4 heteroatoms. The van der Waals surface area contributed by atoms with Crippen LogP contribution in [-0.4, -0.2) is 5.91 Å². The molecule has 1 N–H and O–H groups in total. The molecule has 1 amide bonds. The Hall–Kier alpha value is -1.09. The monoisotopic (exact) mass is 229 g/mol. The van der Waals surface area contributed by atoms with Crippen LogP contribution >= 0.6 is 11.6 Å². The first-order valence-electron chi connectivity index (χ1n) is 4.57. The SMILES string of the molecule is CC(C)(C)C(=O)Nc1ccc(F)cc1Cl. The van der Waals surface area contributed by atoms with Gasteiger partial charge in [0.05, 0.1) is 10.7 Å². The zero-order valence-electron chi connectivity index (χ0n) is 8.90. The van der Waals surface area contributed by atoms with Crippen LogP contribution in [0.5, 0.6) is 0 Å². The topological polar surface area (TPSA) is 29.1 Å². The van der Waals surface area contributed by atoms with E-state index in [9.17, 15) is 9.18 Å². The summed E-state index contributed by atoms with van der Waals surface area (Å²) in [6.45, 7) is 5.37. The summed E-state index contributed by atoms with van der Waals surface area (Å²) >= 11 is 5.77. The summed E-state index contributed by atoms with van der Waals surface area (Å²) in [5.41, 5.74) is -0.0736. The zero-order valence-corrected chi connectivity index (χ0v) is 9.65. The lowest BCUT2D eigenvalue weighted by atomic mass is 9.95. The Balaban J connectivity index is 2.87. The summed E-state index contributed by atoms with van der Waals surface area (Å²) in [5.74, 6) is -0.579. The fourth-order valence-corrected chi connectivity index (χ4v) is 1.12. The Labute approximate surface area is 93.4 Å². The van der Waals surface area contributed by atoms with E-state index in [1.165, 1.54) is 18.2 Å². The normalized spacial score (nSPS) is 11.3. The maximum atomic E-state index is 12.7. The molecule has 0 bridgehead atoms. The molecule has 2 nitrogen and oxygen atoms in total. The van der Waals surface area contributed by atoms with Gasteiger partial charge < -0.3 is 5.32 Å². The van der Waals surface area contributed by atoms with Crippen LogP contribution in [0.3, 0.4) is 0 Å². The van der Waals surface area contributed by atoms with Gasteiger partial charge in [-0.05, 0) is 18.2 Å². The van der Waals surface area contributed by atoms with Crippen molar-refractivity contribution in [3.05, 3.63) is 29.0 Å². The summed E-state index contributed by atoms with van der Waals surface area (Å²) in [6, 6.07) is 3.87. The Morgan fingerprint density at radius 1 is 1.40 bits per heavy atom. The van der Waals surface area contributed by atoms with Gasteiger partial charge in [0.15, 0.2) is 0 Å². The fraction of sp³-hybridized carbons (Fsp3) is 0.364. The molecule has 15 heavy (non-hydrogen) atoms. The highest BCUT2D eigenvalue weighted by Crippen LogP contribution is 2.24. The molecule has 0 aliphatic rings. The minimum absolute atomic E-state index is 0.156. The average molecular weight is 230 g/mol. The van der Waals surface area contributed by atoms with Crippen LogP contribution in [-0.2, 0) is 4.79 Å². The molecule has 0 unspecified atom stereocenters. The summed E-state index contributed by atoms with van der Waals surface area (Å²) < 4.78 is 12.7. The van der Waals surface area contributed by atoms with Crippen molar-refractivity contribution in [2.24, 2.45) is 5.41 Å². The lowest BCUT2D eigenvalue weighted by Crippen LogP contribution is -2.27. The van der Waals surface area contributed by atoms with Gasteiger partial charge in [-0.25, -0.2) is 4.39 Å². The molecular formula is C11H13ClFNO. The number of anilines is 1. The summed E-state index contributed by atoms with van der Waals surface area (Å²) in [6.07, 6.45) is 0. The van der Waals surface area contributed by atoms with Crippen molar-refractivity contribution in [1.29, 1.82) is 0 Å². The second-order valence-electron chi connectivity index (χ2n) is 4.33. The molecule has 0 saturated carbocycles. The van der Waals surface area contributed by atoms with Crippen LogP contribution in [0.15, 0.2) is 18.2 Å². The molecule has 1 rings (SSSR count). The van der Waals surface area contributed by atoms with Gasteiger partial charge in [0, 0.05) is 5.41 Å². The molecule has 1 aromatic carbocycles. The third-order valence-corrected chi connectivity index (χ3v) is 2.17. The highest BCUT2D eigenvalue weighted by molar-refractivity contribution is 6.33. The number of hydrogen-bond acceptors (Lipinski definition) is 1. The average Bonchev–Trinajstić information content (AvgIpc) is 2.08. The van der Waals surface area contributed by atoms with Crippen LogP contribution in [0, 0.1) is 11.2 Å². The van der Waals surface area contributed by atoms with Crippen molar-refractivity contribution in [1.82, 2.24) is 0 Å². The minimum Gasteiger partial charge on any atom is -0.324 e. The molecule has 0 spiro atoms. The molecule has 0 saturated heterocycles. The standard InChI is InChI=1S/C11H13ClFNO/c1-11(2,3)10(15)14-9-5-4-7(13)6-8(9)12/h4-6H,1-3H3,(H,14,15). The van der Waals surface area contributed by atoms with Crippen molar-refractivity contribution < 1.29 is 9.18 Å². The van der Waals surface area contributed by atoms with Gasteiger partial charge in [0.2, 0.25) is 5.91 Å². The molecule has 0 aliphatic heterocycles. The van der Waals surface area contributed by atoms with Gasteiger partial charge >= 0.3 is 0 Å². The summed E-state index contributed by atoms with van der Waals surface area (Å²) in [4.78, 5) is 11.6.